The van der Waals surface area contributed by atoms with Crippen molar-refractivity contribution in [1.82, 2.24) is 4.57 Å². The topological polar surface area (TPSA) is 18.1 Å². The summed E-state index contributed by atoms with van der Waals surface area (Å²) in [5.41, 5.74) is 12.5. The lowest BCUT2D eigenvalue weighted by atomic mass is 9.99. The quantitative estimate of drug-likeness (QED) is 0.192. The summed E-state index contributed by atoms with van der Waals surface area (Å²) < 4.78 is 11.6. The summed E-state index contributed by atoms with van der Waals surface area (Å²) in [5.74, 6) is 0. The Hall–Kier alpha value is -5.90. The second-order valence-electron chi connectivity index (χ2n) is 12.1. The SMILES string of the molecule is c1ccc(-c2ccc3c(c2)sc2cc(-c4ccc(-c5ccc6c(c5)oc5c7ccccc7n(-c7ccccc7)c65)cc4)ccc23)cc1. The van der Waals surface area contributed by atoms with Gasteiger partial charge in [0.1, 0.15) is 11.1 Å². The van der Waals surface area contributed by atoms with E-state index in [-0.39, 0.29) is 0 Å². The molecule has 47 heavy (non-hydrogen) atoms. The number of nitrogens with zero attached hydrogens (tertiary/aromatic N) is 1. The van der Waals surface area contributed by atoms with Crippen molar-refractivity contribution in [3.05, 3.63) is 164 Å². The largest absolute Gasteiger partial charge is 0.454 e. The number of para-hydroxylation sites is 2. The molecule has 10 aromatic rings. The van der Waals surface area contributed by atoms with E-state index in [9.17, 15) is 0 Å². The molecule has 0 spiro atoms. The Bertz CT molecular complexity index is 2770. The first-order chi connectivity index (χ1) is 23.3. The summed E-state index contributed by atoms with van der Waals surface area (Å²) in [6.45, 7) is 0. The van der Waals surface area contributed by atoms with Gasteiger partial charge in [-0.3, -0.25) is 0 Å². The molecule has 0 amide bonds. The highest BCUT2D eigenvalue weighted by molar-refractivity contribution is 7.25. The van der Waals surface area contributed by atoms with E-state index in [4.69, 9.17) is 4.42 Å². The van der Waals surface area contributed by atoms with Crippen LogP contribution in [-0.2, 0) is 0 Å². The fraction of sp³-hybridized carbons (Fsp3) is 0. The first-order valence-corrected chi connectivity index (χ1v) is 16.7. The molecule has 0 radical (unpaired) electrons. The van der Waals surface area contributed by atoms with Gasteiger partial charge in [0.25, 0.3) is 0 Å². The lowest BCUT2D eigenvalue weighted by Crippen LogP contribution is -1.92. The second-order valence-corrected chi connectivity index (χ2v) is 13.2. The van der Waals surface area contributed by atoms with Crippen molar-refractivity contribution in [2.75, 3.05) is 0 Å². The van der Waals surface area contributed by atoms with Crippen molar-refractivity contribution in [2.45, 2.75) is 0 Å². The third-order valence-corrected chi connectivity index (χ3v) is 10.5. The van der Waals surface area contributed by atoms with Crippen molar-refractivity contribution in [3.8, 4) is 39.1 Å². The van der Waals surface area contributed by atoms with Gasteiger partial charge in [0.2, 0.25) is 0 Å². The Morgan fingerprint density at radius 3 is 1.57 bits per heavy atom. The van der Waals surface area contributed by atoms with Gasteiger partial charge >= 0.3 is 0 Å². The molecule has 0 atom stereocenters. The van der Waals surface area contributed by atoms with Crippen LogP contribution in [0.4, 0.5) is 0 Å². The van der Waals surface area contributed by atoms with Crippen LogP contribution < -0.4 is 0 Å². The summed E-state index contributed by atoms with van der Waals surface area (Å²) in [6, 6.07) is 58.9. The van der Waals surface area contributed by atoms with Crippen LogP contribution in [0, 0.1) is 0 Å². The second kappa shape index (κ2) is 10.3. The zero-order valence-electron chi connectivity index (χ0n) is 25.4. The van der Waals surface area contributed by atoms with Gasteiger partial charge in [0.15, 0.2) is 5.58 Å². The van der Waals surface area contributed by atoms with Gasteiger partial charge in [0.05, 0.1) is 5.52 Å². The van der Waals surface area contributed by atoms with Crippen LogP contribution in [0.2, 0.25) is 0 Å². The number of fused-ring (bicyclic) bond motifs is 8. The summed E-state index contributed by atoms with van der Waals surface area (Å²) in [7, 11) is 0. The van der Waals surface area contributed by atoms with Crippen molar-refractivity contribution >= 4 is 64.5 Å². The monoisotopic (exact) mass is 617 g/mol. The first kappa shape index (κ1) is 26.3. The highest BCUT2D eigenvalue weighted by atomic mass is 32.1. The lowest BCUT2D eigenvalue weighted by Gasteiger charge is -2.08. The number of thiophene rings is 1. The Morgan fingerprint density at radius 2 is 0.915 bits per heavy atom. The Morgan fingerprint density at radius 1 is 0.404 bits per heavy atom. The van der Waals surface area contributed by atoms with Crippen molar-refractivity contribution in [1.29, 1.82) is 0 Å². The smallest absolute Gasteiger partial charge is 0.161 e. The van der Waals surface area contributed by atoms with Crippen molar-refractivity contribution < 1.29 is 4.42 Å². The van der Waals surface area contributed by atoms with Crippen LogP contribution in [0.15, 0.2) is 168 Å². The number of furan rings is 1. The van der Waals surface area contributed by atoms with Gasteiger partial charge in [-0.15, -0.1) is 11.3 Å². The number of aromatic nitrogens is 1. The van der Waals surface area contributed by atoms with Gasteiger partial charge < -0.3 is 8.98 Å². The normalized spacial score (nSPS) is 11.8. The van der Waals surface area contributed by atoms with Crippen LogP contribution in [0.5, 0.6) is 0 Å². The maximum absolute atomic E-state index is 6.60. The zero-order chi connectivity index (χ0) is 30.9. The van der Waals surface area contributed by atoms with E-state index >= 15 is 0 Å². The Balaban J connectivity index is 1.01. The van der Waals surface area contributed by atoms with Crippen LogP contribution in [-0.4, -0.2) is 4.57 Å². The molecular weight excluding hydrogens is 591 g/mol. The highest BCUT2D eigenvalue weighted by Gasteiger charge is 2.19. The summed E-state index contributed by atoms with van der Waals surface area (Å²) >= 11 is 1.87. The van der Waals surface area contributed by atoms with Crippen LogP contribution in [0.1, 0.15) is 0 Å². The van der Waals surface area contributed by atoms with Gasteiger partial charge in [-0.05, 0) is 81.9 Å². The Kier molecular flexibility index (Phi) is 5.78. The third kappa shape index (κ3) is 4.17. The van der Waals surface area contributed by atoms with Crippen LogP contribution in [0.3, 0.4) is 0 Å². The van der Waals surface area contributed by atoms with Crippen LogP contribution in [0.25, 0.3) is 92.2 Å². The number of rotatable bonds is 4. The maximum Gasteiger partial charge on any atom is 0.161 e. The van der Waals surface area contributed by atoms with E-state index in [1.165, 1.54) is 48.0 Å². The lowest BCUT2D eigenvalue weighted by molar-refractivity contribution is 0.673. The molecule has 0 unspecified atom stereocenters. The first-order valence-electron chi connectivity index (χ1n) is 15.9. The van der Waals surface area contributed by atoms with Gasteiger partial charge in [-0.25, -0.2) is 0 Å². The van der Waals surface area contributed by atoms with E-state index in [1.54, 1.807) is 0 Å². The van der Waals surface area contributed by atoms with Gasteiger partial charge in [-0.2, -0.15) is 0 Å². The predicted octanol–water partition coefficient (Wildman–Crippen LogP) is 12.9. The number of benzene rings is 7. The molecule has 220 valence electrons. The zero-order valence-corrected chi connectivity index (χ0v) is 26.2. The number of hydrogen-bond acceptors (Lipinski definition) is 2. The van der Waals surface area contributed by atoms with Crippen molar-refractivity contribution in [2.24, 2.45) is 0 Å². The number of hydrogen-bond donors (Lipinski definition) is 0. The fourth-order valence-electron chi connectivity index (χ4n) is 7.12. The van der Waals surface area contributed by atoms with Crippen molar-refractivity contribution in [3.63, 3.8) is 0 Å². The molecule has 3 heterocycles. The molecule has 0 fully saturated rings. The summed E-state index contributed by atoms with van der Waals surface area (Å²) in [4.78, 5) is 0. The molecule has 0 N–H and O–H groups in total. The molecule has 0 saturated heterocycles. The fourth-order valence-corrected chi connectivity index (χ4v) is 8.30. The molecule has 0 bridgehead atoms. The van der Waals surface area contributed by atoms with E-state index in [1.807, 2.05) is 11.3 Å². The summed E-state index contributed by atoms with van der Waals surface area (Å²) in [5, 5.41) is 4.88. The molecule has 3 aromatic heterocycles. The average molecular weight is 618 g/mol. The maximum atomic E-state index is 6.60. The molecule has 0 aliphatic rings. The van der Waals surface area contributed by atoms with Gasteiger partial charge in [-0.1, -0.05) is 115 Å². The molecule has 3 heteroatoms. The van der Waals surface area contributed by atoms with E-state index in [0.29, 0.717) is 0 Å². The van der Waals surface area contributed by atoms with Crippen LogP contribution >= 0.6 is 11.3 Å². The molecule has 7 aromatic carbocycles. The highest BCUT2D eigenvalue weighted by Crippen LogP contribution is 2.41. The minimum absolute atomic E-state index is 0.901. The predicted molar refractivity (Wildman–Crippen MR) is 200 cm³/mol. The minimum atomic E-state index is 0.901. The Labute approximate surface area is 275 Å². The molecule has 10 rings (SSSR count). The molecule has 0 aliphatic heterocycles. The standard InChI is InChI=1S/C44H27NOS/c1-3-9-28(10-4-1)32-19-22-35-36-23-20-33(27-42(36)47-41(35)26-32)30-17-15-29(16-18-30)31-21-24-38-40(25-31)46-44-37-13-7-8-14-39(37)45(43(38)44)34-11-5-2-6-12-34/h1-27H. The molecular formula is C44H27NOS. The molecule has 0 aliphatic carbocycles. The molecule has 2 nitrogen and oxygen atoms in total. The minimum Gasteiger partial charge on any atom is -0.454 e. The van der Waals surface area contributed by atoms with E-state index < -0.39 is 0 Å². The van der Waals surface area contributed by atoms with E-state index in [2.05, 4.69) is 168 Å². The molecule has 0 saturated carbocycles. The third-order valence-electron chi connectivity index (χ3n) is 9.42. The van der Waals surface area contributed by atoms with E-state index in [0.717, 1.165) is 44.2 Å². The average Bonchev–Trinajstić information content (AvgIpc) is 3.80. The summed E-state index contributed by atoms with van der Waals surface area (Å²) in [6.07, 6.45) is 0. The van der Waals surface area contributed by atoms with Gasteiger partial charge in [0, 0.05) is 36.6 Å².